The lowest BCUT2D eigenvalue weighted by molar-refractivity contribution is -0.112. The average Bonchev–Trinajstić information content (AvgIpc) is 2.17. The molecule has 1 aliphatic rings. The Morgan fingerprint density at radius 3 is 2.57 bits per heavy atom. The molecule has 0 amide bonds. The molecule has 0 fully saturated rings. The van der Waals surface area contributed by atoms with Gasteiger partial charge in [-0.1, -0.05) is 0 Å². The maximum absolute atomic E-state index is 11.0. The van der Waals surface area contributed by atoms with Crippen LogP contribution in [-0.2, 0) is 9.59 Å². The minimum atomic E-state index is -0.244. The van der Waals surface area contributed by atoms with E-state index in [2.05, 4.69) is 9.93 Å². The van der Waals surface area contributed by atoms with Crippen LogP contribution in [0, 0.1) is 0 Å². The quantitative estimate of drug-likeness (QED) is 0.603. The van der Waals surface area contributed by atoms with E-state index < -0.39 is 0 Å². The monoisotopic (exact) mass is 208 g/mol. The Balaban J connectivity index is 2.73. The van der Waals surface area contributed by atoms with Gasteiger partial charge in [0.1, 0.15) is 0 Å². The number of ketones is 2. The highest BCUT2D eigenvalue weighted by Gasteiger charge is 1.92. The van der Waals surface area contributed by atoms with E-state index in [1.54, 1.807) is 5.41 Å². The van der Waals surface area contributed by atoms with Crippen molar-refractivity contribution in [1.29, 1.82) is 0 Å². The van der Waals surface area contributed by atoms with E-state index in [1.807, 2.05) is 0 Å². The zero-order valence-corrected chi connectivity index (χ0v) is 8.03. The van der Waals surface area contributed by atoms with Crippen molar-refractivity contribution in [3.8, 4) is 0 Å². The summed E-state index contributed by atoms with van der Waals surface area (Å²) in [6.07, 6.45) is 8.07. The van der Waals surface area contributed by atoms with Gasteiger partial charge in [0.15, 0.2) is 11.6 Å². The van der Waals surface area contributed by atoms with Crippen molar-refractivity contribution in [1.82, 2.24) is 4.83 Å². The molecular formula is C9H8N2O2S. The molecule has 4 nitrogen and oxygen atoms in total. The highest BCUT2D eigenvalue weighted by Crippen LogP contribution is 1.96. The summed E-state index contributed by atoms with van der Waals surface area (Å²) in [5.41, 5.74) is 0. The summed E-state index contributed by atoms with van der Waals surface area (Å²) in [5, 5.41) is 5.28. The summed E-state index contributed by atoms with van der Waals surface area (Å²) in [6, 6.07) is 0. The Morgan fingerprint density at radius 2 is 1.79 bits per heavy atom. The van der Waals surface area contributed by atoms with Crippen LogP contribution in [0.2, 0.25) is 0 Å². The molecule has 0 spiro atoms. The first-order valence-electron chi connectivity index (χ1n) is 3.82. The number of hydrogen-bond acceptors (Lipinski definition) is 5. The number of allylic oxidation sites excluding steroid dienone is 5. The molecule has 0 aliphatic carbocycles. The Kier molecular flexibility index (Phi) is 4.43. The maximum atomic E-state index is 11.0. The van der Waals surface area contributed by atoms with E-state index in [4.69, 9.17) is 0 Å². The second-order valence-electron chi connectivity index (χ2n) is 2.29. The van der Waals surface area contributed by atoms with Crippen molar-refractivity contribution in [3.05, 3.63) is 35.8 Å². The first-order chi connectivity index (χ1) is 6.79. The lowest BCUT2D eigenvalue weighted by Crippen LogP contribution is -1.94. The van der Waals surface area contributed by atoms with Crippen molar-refractivity contribution >= 4 is 29.7 Å². The third-order valence-electron chi connectivity index (χ3n) is 1.24. The largest absolute Gasteiger partial charge is 0.290 e. The molecule has 1 rings (SSSR count). The summed E-state index contributed by atoms with van der Waals surface area (Å²) in [6.45, 7) is 0. The fourth-order valence-electron chi connectivity index (χ4n) is 0.649. The second kappa shape index (κ2) is 5.93. The van der Waals surface area contributed by atoms with Crippen molar-refractivity contribution in [2.75, 3.05) is 0 Å². The van der Waals surface area contributed by atoms with Gasteiger partial charge in [-0.25, -0.2) is 4.83 Å². The number of nitrogens with one attached hydrogen (secondary N) is 1. The summed E-state index contributed by atoms with van der Waals surface area (Å²) >= 11 is 1.17. The molecule has 0 aromatic rings. The third-order valence-corrected chi connectivity index (χ3v) is 1.72. The smallest absolute Gasteiger partial charge is 0.179 e. The third kappa shape index (κ3) is 4.42. The SMILES string of the molecule is O=C1C=CC=NNSC=CC(=O)C=C1. The molecule has 0 bridgehead atoms. The van der Waals surface area contributed by atoms with Crippen molar-refractivity contribution in [2.24, 2.45) is 5.10 Å². The van der Waals surface area contributed by atoms with Crippen LogP contribution in [0.4, 0.5) is 0 Å². The minimum Gasteiger partial charge on any atom is -0.290 e. The van der Waals surface area contributed by atoms with Gasteiger partial charge in [-0.05, 0) is 47.7 Å². The van der Waals surface area contributed by atoms with Gasteiger partial charge in [0.25, 0.3) is 0 Å². The van der Waals surface area contributed by atoms with Crippen LogP contribution in [0.5, 0.6) is 0 Å². The molecule has 0 saturated carbocycles. The van der Waals surface area contributed by atoms with Crippen molar-refractivity contribution < 1.29 is 9.59 Å². The summed E-state index contributed by atoms with van der Waals surface area (Å²) < 4.78 is 0. The molecule has 0 aromatic carbocycles. The number of hydrazone groups is 1. The lowest BCUT2D eigenvalue weighted by Gasteiger charge is -1.90. The zero-order valence-electron chi connectivity index (χ0n) is 7.21. The Hall–Kier alpha value is -1.62. The Labute approximate surface area is 85.6 Å². The van der Waals surface area contributed by atoms with Crippen molar-refractivity contribution in [2.45, 2.75) is 0 Å². The lowest BCUT2D eigenvalue weighted by atomic mass is 10.3. The minimum absolute atomic E-state index is 0.231. The Bertz CT molecular complexity index is 343. The molecule has 72 valence electrons. The van der Waals surface area contributed by atoms with Gasteiger partial charge in [-0.15, -0.1) is 0 Å². The molecule has 0 atom stereocenters. The van der Waals surface area contributed by atoms with Gasteiger partial charge in [0.2, 0.25) is 0 Å². The molecule has 1 heterocycles. The first kappa shape index (κ1) is 10.5. The predicted octanol–water partition coefficient (Wildman–Crippen LogP) is 0.988. The molecule has 0 aromatic heterocycles. The van der Waals surface area contributed by atoms with Gasteiger partial charge in [0, 0.05) is 6.21 Å². The van der Waals surface area contributed by atoms with E-state index in [-0.39, 0.29) is 11.6 Å². The standard InChI is InChI=1S/C9H8N2O2S/c12-8-2-1-6-10-11-14-7-5-9(13)4-3-8/h1-7,11H. The van der Waals surface area contributed by atoms with Gasteiger partial charge in [-0.3, -0.25) is 9.59 Å². The molecule has 5 heteroatoms. The van der Waals surface area contributed by atoms with E-state index in [1.165, 1.54) is 48.5 Å². The van der Waals surface area contributed by atoms with Crippen LogP contribution in [0.3, 0.4) is 0 Å². The van der Waals surface area contributed by atoms with E-state index >= 15 is 0 Å². The van der Waals surface area contributed by atoms with Crippen LogP contribution in [0.25, 0.3) is 0 Å². The van der Waals surface area contributed by atoms with Gasteiger partial charge < -0.3 is 0 Å². The fraction of sp³-hybridized carbons (Fsp3) is 0. The first-order valence-corrected chi connectivity index (χ1v) is 4.70. The van der Waals surface area contributed by atoms with E-state index in [0.717, 1.165) is 0 Å². The number of nitrogens with zero attached hydrogens (tertiary/aromatic N) is 1. The number of rotatable bonds is 0. The molecule has 1 N–H and O–H groups in total. The maximum Gasteiger partial charge on any atom is 0.179 e. The normalized spacial score (nSPS) is 17.4. The summed E-state index contributed by atoms with van der Waals surface area (Å²) in [5.74, 6) is -0.475. The Morgan fingerprint density at radius 1 is 1.07 bits per heavy atom. The number of carbonyl (C=O) groups excluding carboxylic acids is 2. The van der Waals surface area contributed by atoms with Gasteiger partial charge in [0.05, 0.1) is 0 Å². The average molecular weight is 208 g/mol. The molecular weight excluding hydrogens is 200 g/mol. The number of carbonyl (C=O) groups is 2. The summed E-state index contributed by atoms with van der Waals surface area (Å²) in [4.78, 5) is 24.6. The predicted molar refractivity (Wildman–Crippen MR) is 56.7 cm³/mol. The van der Waals surface area contributed by atoms with Crippen molar-refractivity contribution in [3.63, 3.8) is 0 Å². The van der Waals surface area contributed by atoms with Crippen LogP contribution in [0.15, 0.2) is 40.9 Å². The van der Waals surface area contributed by atoms with E-state index in [9.17, 15) is 9.59 Å². The van der Waals surface area contributed by atoms with Gasteiger partial charge in [-0.2, -0.15) is 5.10 Å². The molecule has 14 heavy (non-hydrogen) atoms. The van der Waals surface area contributed by atoms with Crippen LogP contribution < -0.4 is 4.83 Å². The topological polar surface area (TPSA) is 58.5 Å². The van der Waals surface area contributed by atoms with E-state index in [0.29, 0.717) is 0 Å². The highest BCUT2D eigenvalue weighted by atomic mass is 32.2. The molecule has 0 unspecified atom stereocenters. The van der Waals surface area contributed by atoms with Crippen LogP contribution in [-0.4, -0.2) is 17.8 Å². The zero-order chi connectivity index (χ0) is 10.2. The van der Waals surface area contributed by atoms with Crippen LogP contribution in [0.1, 0.15) is 0 Å². The molecule has 0 radical (unpaired) electrons. The highest BCUT2D eigenvalue weighted by molar-refractivity contribution is 8.00. The molecule has 1 aliphatic heterocycles. The van der Waals surface area contributed by atoms with Crippen LogP contribution >= 0.6 is 11.9 Å². The second-order valence-corrected chi connectivity index (χ2v) is 2.98. The summed E-state index contributed by atoms with van der Waals surface area (Å²) in [7, 11) is 0. The fourth-order valence-corrected chi connectivity index (χ4v) is 1.03. The van der Waals surface area contributed by atoms with Gasteiger partial charge >= 0.3 is 0 Å². The molecule has 0 saturated heterocycles. The number of hydrogen-bond donors (Lipinski definition) is 1.